The fourth-order valence-electron chi connectivity index (χ4n) is 0.962. The molecule has 0 aromatic heterocycles. The first kappa shape index (κ1) is 8.96. The quantitative estimate of drug-likeness (QED) is 0.659. The second-order valence-corrected chi connectivity index (χ2v) is 3.03. The number of phenolic OH excluding ortho intramolecular Hbond substituents is 1. The van der Waals surface area contributed by atoms with Gasteiger partial charge in [-0.2, -0.15) is 0 Å². The average molecular weight is 181 g/mol. The van der Waals surface area contributed by atoms with E-state index in [1.165, 1.54) is 0 Å². The molecule has 0 aliphatic heterocycles. The minimum absolute atomic E-state index is 0.108. The van der Waals surface area contributed by atoms with Crippen LogP contribution in [0.2, 0.25) is 5.02 Å². The number of aromatic hydroxyl groups is 1. The first-order valence-corrected chi connectivity index (χ1v) is 3.97. The molecule has 1 N–H and O–H groups in total. The Bertz CT molecular complexity index is 325. The van der Waals surface area contributed by atoms with E-state index in [1.54, 1.807) is 18.2 Å². The molecule has 12 heavy (non-hydrogen) atoms. The van der Waals surface area contributed by atoms with Crippen molar-refractivity contribution in [3.63, 3.8) is 0 Å². The van der Waals surface area contributed by atoms with Gasteiger partial charge in [0.25, 0.3) is 0 Å². The van der Waals surface area contributed by atoms with E-state index in [9.17, 15) is 5.11 Å². The van der Waals surface area contributed by atoms with Crippen LogP contribution >= 0.6 is 11.6 Å². The summed E-state index contributed by atoms with van der Waals surface area (Å²) < 4.78 is 0. The van der Waals surface area contributed by atoms with Crippen molar-refractivity contribution in [3.05, 3.63) is 28.8 Å². The third-order valence-electron chi connectivity index (χ3n) is 1.71. The van der Waals surface area contributed by atoms with Gasteiger partial charge in [0.1, 0.15) is 5.75 Å². The van der Waals surface area contributed by atoms with Crippen LogP contribution in [0, 0.1) is 12.3 Å². The zero-order chi connectivity index (χ0) is 9.14. The van der Waals surface area contributed by atoms with Crippen LogP contribution in [0.25, 0.3) is 0 Å². The minimum atomic E-state index is -0.108. The molecule has 0 bridgehead atoms. The maximum Gasteiger partial charge on any atom is 0.120 e. The van der Waals surface area contributed by atoms with Crippen molar-refractivity contribution in [1.29, 1.82) is 0 Å². The molecule has 2 heteroatoms. The van der Waals surface area contributed by atoms with Gasteiger partial charge in [-0.15, -0.1) is 6.42 Å². The molecule has 0 saturated carbocycles. The highest BCUT2D eigenvalue weighted by atomic mass is 35.5. The number of terminal acetylenes is 1. The van der Waals surface area contributed by atoms with Crippen molar-refractivity contribution in [3.8, 4) is 18.1 Å². The standard InChI is InChI=1S/C10H9ClO/c1-3-7(2)9-6-8(11)4-5-10(9)12/h1,4-7,12H,2H3. The van der Waals surface area contributed by atoms with E-state index >= 15 is 0 Å². The van der Waals surface area contributed by atoms with Gasteiger partial charge in [0.15, 0.2) is 0 Å². The Hall–Kier alpha value is -1.13. The zero-order valence-corrected chi connectivity index (χ0v) is 7.47. The molecule has 0 amide bonds. The van der Waals surface area contributed by atoms with Crippen molar-refractivity contribution < 1.29 is 5.11 Å². The van der Waals surface area contributed by atoms with Crippen molar-refractivity contribution >= 4 is 11.6 Å². The molecule has 1 nitrogen and oxygen atoms in total. The number of hydrogen-bond donors (Lipinski definition) is 1. The largest absolute Gasteiger partial charge is 0.508 e. The van der Waals surface area contributed by atoms with E-state index in [2.05, 4.69) is 5.92 Å². The first-order chi connectivity index (χ1) is 5.65. The highest BCUT2D eigenvalue weighted by molar-refractivity contribution is 6.30. The van der Waals surface area contributed by atoms with Gasteiger partial charge in [-0.05, 0) is 25.1 Å². The molecule has 0 spiro atoms. The molecule has 0 aliphatic carbocycles. The van der Waals surface area contributed by atoms with Gasteiger partial charge in [0, 0.05) is 16.5 Å². The molecule has 0 fully saturated rings. The number of benzene rings is 1. The summed E-state index contributed by atoms with van der Waals surface area (Å²) in [4.78, 5) is 0. The second-order valence-electron chi connectivity index (χ2n) is 2.59. The summed E-state index contributed by atoms with van der Waals surface area (Å²) in [6, 6.07) is 4.86. The predicted molar refractivity (Wildman–Crippen MR) is 50.4 cm³/mol. The maximum absolute atomic E-state index is 9.38. The smallest absolute Gasteiger partial charge is 0.120 e. The van der Waals surface area contributed by atoms with Gasteiger partial charge < -0.3 is 5.11 Å². The summed E-state index contributed by atoms with van der Waals surface area (Å²) in [6.07, 6.45) is 5.22. The van der Waals surface area contributed by atoms with Gasteiger partial charge in [-0.1, -0.05) is 17.5 Å². The van der Waals surface area contributed by atoms with E-state index in [4.69, 9.17) is 18.0 Å². The predicted octanol–water partition coefficient (Wildman–Crippen LogP) is 2.78. The molecule has 0 saturated heterocycles. The van der Waals surface area contributed by atoms with Gasteiger partial charge >= 0.3 is 0 Å². The van der Waals surface area contributed by atoms with Crippen LogP contribution < -0.4 is 0 Å². The van der Waals surface area contributed by atoms with Gasteiger partial charge in [0.2, 0.25) is 0 Å². The highest BCUT2D eigenvalue weighted by Gasteiger charge is 2.07. The molecule has 0 aliphatic rings. The third kappa shape index (κ3) is 1.72. The number of hydrogen-bond acceptors (Lipinski definition) is 1. The summed E-state index contributed by atoms with van der Waals surface area (Å²) >= 11 is 5.74. The van der Waals surface area contributed by atoms with Crippen LogP contribution in [0.3, 0.4) is 0 Å². The third-order valence-corrected chi connectivity index (χ3v) is 1.94. The van der Waals surface area contributed by atoms with Crippen molar-refractivity contribution in [2.45, 2.75) is 12.8 Å². The minimum Gasteiger partial charge on any atom is -0.508 e. The van der Waals surface area contributed by atoms with Crippen LogP contribution in [0.4, 0.5) is 0 Å². The first-order valence-electron chi connectivity index (χ1n) is 3.59. The van der Waals surface area contributed by atoms with E-state index in [0.717, 1.165) is 0 Å². The number of rotatable bonds is 1. The Balaban J connectivity index is 3.15. The highest BCUT2D eigenvalue weighted by Crippen LogP contribution is 2.27. The maximum atomic E-state index is 9.38. The summed E-state index contributed by atoms with van der Waals surface area (Å²) in [6.45, 7) is 1.84. The Morgan fingerprint density at radius 1 is 1.58 bits per heavy atom. The normalized spacial score (nSPS) is 12.1. The summed E-state index contributed by atoms with van der Waals surface area (Å²) in [5.74, 6) is 2.62. The van der Waals surface area contributed by atoms with Crippen LogP contribution in [0.5, 0.6) is 5.75 Å². The monoisotopic (exact) mass is 180 g/mol. The number of phenols is 1. The van der Waals surface area contributed by atoms with Crippen molar-refractivity contribution in [1.82, 2.24) is 0 Å². The van der Waals surface area contributed by atoms with E-state index in [-0.39, 0.29) is 11.7 Å². The Morgan fingerprint density at radius 2 is 2.25 bits per heavy atom. The lowest BCUT2D eigenvalue weighted by molar-refractivity contribution is 0.467. The molecular weight excluding hydrogens is 172 g/mol. The average Bonchev–Trinajstić information content (AvgIpc) is 2.08. The zero-order valence-electron chi connectivity index (χ0n) is 6.71. The fourth-order valence-corrected chi connectivity index (χ4v) is 1.14. The Morgan fingerprint density at radius 3 is 2.83 bits per heavy atom. The Labute approximate surface area is 77.0 Å². The summed E-state index contributed by atoms with van der Waals surface area (Å²) in [5.41, 5.74) is 0.699. The van der Waals surface area contributed by atoms with Gasteiger partial charge in [0.05, 0.1) is 0 Å². The molecule has 1 aromatic rings. The summed E-state index contributed by atoms with van der Waals surface area (Å²) in [5, 5.41) is 9.97. The van der Waals surface area contributed by atoms with Crippen molar-refractivity contribution in [2.75, 3.05) is 0 Å². The number of halogens is 1. The van der Waals surface area contributed by atoms with Crippen LogP contribution in [0.1, 0.15) is 18.4 Å². The molecule has 1 rings (SSSR count). The van der Waals surface area contributed by atoms with E-state index < -0.39 is 0 Å². The SMILES string of the molecule is C#CC(C)c1cc(Cl)ccc1O. The van der Waals surface area contributed by atoms with Crippen LogP contribution in [-0.4, -0.2) is 5.11 Å². The van der Waals surface area contributed by atoms with E-state index in [1.807, 2.05) is 6.92 Å². The fraction of sp³-hybridized carbons (Fsp3) is 0.200. The van der Waals surface area contributed by atoms with Crippen LogP contribution in [-0.2, 0) is 0 Å². The lowest BCUT2D eigenvalue weighted by atomic mass is 10.0. The molecule has 0 radical (unpaired) electrons. The molecule has 1 atom stereocenters. The molecular formula is C10H9ClO. The molecule has 62 valence electrons. The van der Waals surface area contributed by atoms with Crippen molar-refractivity contribution in [2.24, 2.45) is 0 Å². The molecule has 1 aromatic carbocycles. The van der Waals surface area contributed by atoms with E-state index in [0.29, 0.717) is 10.6 Å². The topological polar surface area (TPSA) is 20.2 Å². The second kappa shape index (κ2) is 3.51. The summed E-state index contributed by atoms with van der Waals surface area (Å²) in [7, 11) is 0. The molecule has 0 heterocycles. The Kier molecular flexibility index (Phi) is 2.62. The lowest BCUT2D eigenvalue weighted by Gasteiger charge is -2.06. The lowest BCUT2D eigenvalue weighted by Crippen LogP contribution is -1.89. The van der Waals surface area contributed by atoms with Crippen LogP contribution in [0.15, 0.2) is 18.2 Å². The van der Waals surface area contributed by atoms with Gasteiger partial charge in [-0.3, -0.25) is 0 Å². The van der Waals surface area contributed by atoms with Gasteiger partial charge in [-0.25, -0.2) is 0 Å². The molecule has 1 unspecified atom stereocenters.